The molecule has 1 aromatic carbocycles. The summed E-state index contributed by atoms with van der Waals surface area (Å²) in [5.41, 5.74) is 1.40. The molecule has 1 atom stereocenters. The van der Waals surface area contributed by atoms with Crippen LogP contribution in [0, 0.1) is 5.92 Å². The summed E-state index contributed by atoms with van der Waals surface area (Å²) < 4.78 is 0. The molecule has 0 bridgehead atoms. The minimum atomic E-state index is 0.364. The largest absolute Gasteiger partial charge is 0.340 e. The SMILES string of the molecule is CC(Cc1ccccc1)N1CCN(C(=O)C2CC2)CC1. The predicted octanol–water partition coefficient (Wildman–Crippen LogP) is 2.17. The number of carbonyl (C=O) groups excluding carboxylic acids is 1. The molecule has 1 heterocycles. The summed E-state index contributed by atoms with van der Waals surface area (Å²) in [4.78, 5) is 16.6. The molecule has 1 amide bonds. The van der Waals surface area contributed by atoms with Gasteiger partial charge in [0, 0.05) is 38.1 Å². The Morgan fingerprint density at radius 3 is 2.40 bits per heavy atom. The molecule has 1 saturated carbocycles. The highest BCUT2D eigenvalue weighted by Gasteiger charge is 2.34. The number of benzene rings is 1. The second kappa shape index (κ2) is 5.96. The van der Waals surface area contributed by atoms with Gasteiger partial charge in [-0.05, 0) is 31.7 Å². The summed E-state index contributed by atoms with van der Waals surface area (Å²) >= 11 is 0. The van der Waals surface area contributed by atoms with Crippen molar-refractivity contribution in [2.24, 2.45) is 5.92 Å². The standard InChI is InChI=1S/C17H24N2O/c1-14(13-15-5-3-2-4-6-15)18-9-11-19(12-10-18)17(20)16-7-8-16/h2-6,14,16H,7-13H2,1H3. The predicted molar refractivity (Wildman–Crippen MR) is 80.5 cm³/mol. The first kappa shape index (κ1) is 13.6. The van der Waals surface area contributed by atoms with Crippen LogP contribution in [0.4, 0.5) is 0 Å². The molecule has 3 nitrogen and oxygen atoms in total. The number of nitrogens with zero attached hydrogens (tertiary/aromatic N) is 2. The van der Waals surface area contributed by atoms with Crippen molar-refractivity contribution in [3.05, 3.63) is 35.9 Å². The van der Waals surface area contributed by atoms with Crippen LogP contribution in [0.1, 0.15) is 25.3 Å². The Kier molecular flexibility index (Phi) is 4.06. The van der Waals surface area contributed by atoms with Gasteiger partial charge in [-0.1, -0.05) is 30.3 Å². The van der Waals surface area contributed by atoms with E-state index in [1.165, 1.54) is 5.56 Å². The third-order valence-corrected chi connectivity index (χ3v) is 4.55. The summed E-state index contributed by atoms with van der Waals surface area (Å²) in [6.07, 6.45) is 3.32. The molecule has 20 heavy (non-hydrogen) atoms. The van der Waals surface area contributed by atoms with Crippen LogP contribution in [0.25, 0.3) is 0 Å². The van der Waals surface area contributed by atoms with Gasteiger partial charge in [-0.2, -0.15) is 0 Å². The van der Waals surface area contributed by atoms with Crippen LogP contribution < -0.4 is 0 Å². The molecule has 108 valence electrons. The third kappa shape index (κ3) is 3.21. The van der Waals surface area contributed by atoms with Crippen molar-refractivity contribution >= 4 is 5.91 Å². The van der Waals surface area contributed by atoms with Crippen molar-refractivity contribution in [3.63, 3.8) is 0 Å². The van der Waals surface area contributed by atoms with Gasteiger partial charge in [0.15, 0.2) is 0 Å². The average Bonchev–Trinajstić information content (AvgIpc) is 3.32. The molecular formula is C17H24N2O. The van der Waals surface area contributed by atoms with Gasteiger partial charge in [0.25, 0.3) is 0 Å². The molecule has 1 aliphatic heterocycles. The second-order valence-electron chi connectivity index (χ2n) is 6.17. The maximum absolute atomic E-state index is 12.0. The third-order valence-electron chi connectivity index (χ3n) is 4.55. The van der Waals surface area contributed by atoms with E-state index in [1.807, 2.05) is 0 Å². The molecule has 1 unspecified atom stereocenters. The van der Waals surface area contributed by atoms with E-state index in [0.717, 1.165) is 45.4 Å². The van der Waals surface area contributed by atoms with Crippen molar-refractivity contribution in [2.45, 2.75) is 32.2 Å². The topological polar surface area (TPSA) is 23.6 Å². The van der Waals surface area contributed by atoms with Gasteiger partial charge >= 0.3 is 0 Å². The number of amides is 1. The Bertz CT molecular complexity index is 447. The number of hydrogen-bond donors (Lipinski definition) is 0. The van der Waals surface area contributed by atoms with Gasteiger partial charge < -0.3 is 4.90 Å². The van der Waals surface area contributed by atoms with Crippen LogP contribution in [-0.2, 0) is 11.2 Å². The lowest BCUT2D eigenvalue weighted by molar-refractivity contribution is -0.134. The van der Waals surface area contributed by atoms with Crippen LogP contribution in [0.2, 0.25) is 0 Å². The van der Waals surface area contributed by atoms with E-state index < -0.39 is 0 Å². The van der Waals surface area contributed by atoms with E-state index in [-0.39, 0.29) is 0 Å². The van der Waals surface area contributed by atoms with E-state index >= 15 is 0 Å². The summed E-state index contributed by atoms with van der Waals surface area (Å²) in [5, 5.41) is 0. The Morgan fingerprint density at radius 1 is 1.15 bits per heavy atom. The average molecular weight is 272 g/mol. The molecular weight excluding hydrogens is 248 g/mol. The molecule has 0 spiro atoms. The summed E-state index contributed by atoms with van der Waals surface area (Å²) in [6, 6.07) is 11.2. The lowest BCUT2D eigenvalue weighted by Crippen LogP contribution is -2.52. The highest BCUT2D eigenvalue weighted by molar-refractivity contribution is 5.81. The van der Waals surface area contributed by atoms with Crippen LogP contribution in [0.5, 0.6) is 0 Å². The fourth-order valence-electron chi connectivity index (χ4n) is 3.06. The van der Waals surface area contributed by atoms with Crippen LogP contribution in [-0.4, -0.2) is 47.9 Å². The number of rotatable bonds is 4. The molecule has 0 aromatic heterocycles. The zero-order valence-electron chi connectivity index (χ0n) is 12.3. The van der Waals surface area contributed by atoms with Crippen molar-refractivity contribution in [1.29, 1.82) is 0 Å². The van der Waals surface area contributed by atoms with E-state index in [2.05, 4.69) is 47.1 Å². The van der Waals surface area contributed by atoms with Crippen LogP contribution in [0.15, 0.2) is 30.3 Å². The van der Waals surface area contributed by atoms with Crippen molar-refractivity contribution in [2.75, 3.05) is 26.2 Å². The van der Waals surface area contributed by atoms with E-state index in [1.54, 1.807) is 0 Å². The molecule has 1 aliphatic carbocycles. The minimum Gasteiger partial charge on any atom is -0.340 e. The molecule has 0 radical (unpaired) electrons. The summed E-state index contributed by atoms with van der Waals surface area (Å²) in [7, 11) is 0. The molecule has 2 aliphatic rings. The Labute approximate surface area is 121 Å². The van der Waals surface area contributed by atoms with E-state index in [0.29, 0.717) is 17.9 Å². The zero-order chi connectivity index (χ0) is 13.9. The van der Waals surface area contributed by atoms with Crippen molar-refractivity contribution < 1.29 is 4.79 Å². The lowest BCUT2D eigenvalue weighted by atomic mass is 10.1. The molecule has 3 rings (SSSR count). The van der Waals surface area contributed by atoms with Gasteiger partial charge in [0.1, 0.15) is 0 Å². The monoisotopic (exact) mass is 272 g/mol. The molecule has 3 heteroatoms. The number of hydrogen-bond acceptors (Lipinski definition) is 2. The first-order chi connectivity index (χ1) is 9.74. The molecule has 0 N–H and O–H groups in total. The van der Waals surface area contributed by atoms with Gasteiger partial charge in [-0.3, -0.25) is 9.69 Å². The first-order valence-electron chi connectivity index (χ1n) is 7.81. The highest BCUT2D eigenvalue weighted by Crippen LogP contribution is 2.31. The smallest absolute Gasteiger partial charge is 0.225 e. The van der Waals surface area contributed by atoms with Gasteiger partial charge in [0.2, 0.25) is 5.91 Å². The second-order valence-corrected chi connectivity index (χ2v) is 6.17. The van der Waals surface area contributed by atoms with Gasteiger partial charge in [0.05, 0.1) is 0 Å². The summed E-state index contributed by atoms with van der Waals surface area (Å²) in [6.45, 7) is 6.16. The maximum atomic E-state index is 12.0. The molecule has 1 saturated heterocycles. The Hall–Kier alpha value is -1.35. The Balaban J connectivity index is 1.48. The van der Waals surface area contributed by atoms with E-state index in [9.17, 15) is 4.79 Å². The van der Waals surface area contributed by atoms with Crippen molar-refractivity contribution in [1.82, 2.24) is 9.80 Å². The lowest BCUT2D eigenvalue weighted by Gasteiger charge is -2.38. The maximum Gasteiger partial charge on any atom is 0.225 e. The molecule has 1 aromatic rings. The minimum absolute atomic E-state index is 0.364. The van der Waals surface area contributed by atoms with Crippen LogP contribution in [0.3, 0.4) is 0 Å². The van der Waals surface area contributed by atoms with E-state index in [4.69, 9.17) is 0 Å². The zero-order valence-corrected chi connectivity index (χ0v) is 12.3. The number of piperazine rings is 1. The van der Waals surface area contributed by atoms with Gasteiger partial charge in [-0.15, -0.1) is 0 Å². The fraction of sp³-hybridized carbons (Fsp3) is 0.588. The normalized spacial score (nSPS) is 21.8. The first-order valence-corrected chi connectivity index (χ1v) is 7.81. The summed E-state index contributed by atoms with van der Waals surface area (Å²) in [5.74, 6) is 0.767. The van der Waals surface area contributed by atoms with Crippen molar-refractivity contribution in [3.8, 4) is 0 Å². The molecule has 2 fully saturated rings. The fourth-order valence-corrected chi connectivity index (χ4v) is 3.06. The van der Waals surface area contributed by atoms with Crippen LogP contribution >= 0.6 is 0 Å². The number of carbonyl (C=O) groups is 1. The Morgan fingerprint density at radius 2 is 1.80 bits per heavy atom. The quantitative estimate of drug-likeness (QED) is 0.838. The van der Waals surface area contributed by atoms with Gasteiger partial charge in [-0.25, -0.2) is 0 Å². The highest BCUT2D eigenvalue weighted by atomic mass is 16.2.